The van der Waals surface area contributed by atoms with E-state index in [2.05, 4.69) is 12.2 Å². The average molecular weight is 304 g/mol. The van der Waals surface area contributed by atoms with Gasteiger partial charge in [0.2, 0.25) is 0 Å². The van der Waals surface area contributed by atoms with Crippen molar-refractivity contribution in [3.8, 4) is 5.75 Å². The van der Waals surface area contributed by atoms with E-state index in [0.29, 0.717) is 18.0 Å². The van der Waals surface area contributed by atoms with Crippen LogP contribution in [0.5, 0.6) is 5.75 Å². The van der Waals surface area contributed by atoms with Gasteiger partial charge in [0, 0.05) is 11.6 Å². The second-order valence-electron chi connectivity index (χ2n) is 6.09. The molecule has 2 atom stereocenters. The molecule has 1 fully saturated rings. The molecule has 1 aromatic carbocycles. The molecule has 4 nitrogen and oxygen atoms in total. The molecule has 1 aliphatic carbocycles. The molecule has 0 aromatic heterocycles. The molecular weight excluding hydrogens is 276 g/mol. The van der Waals surface area contributed by atoms with Crippen molar-refractivity contribution in [1.29, 1.82) is 0 Å². The first-order valence-corrected chi connectivity index (χ1v) is 8.48. The van der Waals surface area contributed by atoms with Crippen molar-refractivity contribution in [3.63, 3.8) is 0 Å². The molecule has 1 amide bonds. The summed E-state index contributed by atoms with van der Waals surface area (Å²) in [5, 5.41) is 3.15. The molecule has 0 radical (unpaired) electrons. The molecule has 22 heavy (non-hydrogen) atoms. The Morgan fingerprint density at radius 2 is 2.00 bits per heavy atom. The molecule has 4 heteroatoms. The van der Waals surface area contributed by atoms with Crippen LogP contribution in [0.25, 0.3) is 0 Å². The maximum atomic E-state index is 12.4. The number of carbonyl (C=O) groups excluding carboxylic acids is 1. The Bertz CT molecular complexity index is 459. The summed E-state index contributed by atoms with van der Waals surface area (Å²) in [6.45, 7) is 3.51. The maximum absolute atomic E-state index is 12.4. The molecule has 0 heterocycles. The van der Waals surface area contributed by atoms with Crippen LogP contribution in [0.3, 0.4) is 0 Å². The lowest BCUT2D eigenvalue weighted by molar-refractivity contribution is 0.0908. The van der Waals surface area contributed by atoms with Gasteiger partial charge in [0.05, 0.1) is 6.61 Å². The zero-order valence-corrected chi connectivity index (χ0v) is 13.5. The fourth-order valence-electron chi connectivity index (χ4n) is 2.97. The molecule has 2 rings (SSSR count). The average Bonchev–Trinajstić information content (AvgIpc) is 2.56. The van der Waals surface area contributed by atoms with E-state index in [1.54, 1.807) is 0 Å². The van der Waals surface area contributed by atoms with Crippen LogP contribution in [-0.4, -0.2) is 25.1 Å². The predicted molar refractivity (Wildman–Crippen MR) is 89.1 cm³/mol. The molecule has 3 N–H and O–H groups in total. The first kappa shape index (κ1) is 16.8. The third kappa shape index (κ3) is 4.73. The first-order chi connectivity index (χ1) is 10.7. The quantitative estimate of drug-likeness (QED) is 0.761. The number of rotatable bonds is 7. The summed E-state index contributed by atoms with van der Waals surface area (Å²) in [5.74, 6) is 1.22. The smallest absolute Gasteiger partial charge is 0.251 e. The van der Waals surface area contributed by atoms with Crippen LogP contribution in [0.4, 0.5) is 0 Å². The van der Waals surface area contributed by atoms with Crippen LogP contribution >= 0.6 is 0 Å². The van der Waals surface area contributed by atoms with E-state index < -0.39 is 0 Å². The second-order valence-corrected chi connectivity index (χ2v) is 6.09. The molecule has 0 spiro atoms. The number of benzene rings is 1. The number of amides is 1. The van der Waals surface area contributed by atoms with Crippen molar-refractivity contribution in [2.45, 2.75) is 51.5 Å². The maximum Gasteiger partial charge on any atom is 0.251 e. The Labute approximate surface area is 133 Å². The van der Waals surface area contributed by atoms with Gasteiger partial charge in [0.1, 0.15) is 5.75 Å². The lowest BCUT2D eigenvalue weighted by Crippen LogP contribution is -2.44. The zero-order chi connectivity index (χ0) is 15.8. The molecule has 1 aromatic rings. The van der Waals surface area contributed by atoms with Crippen molar-refractivity contribution >= 4 is 5.91 Å². The summed E-state index contributed by atoms with van der Waals surface area (Å²) < 4.78 is 5.62. The fourth-order valence-corrected chi connectivity index (χ4v) is 2.97. The Balaban J connectivity index is 1.89. The molecule has 1 saturated carbocycles. The monoisotopic (exact) mass is 304 g/mol. The Morgan fingerprint density at radius 3 is 2.68 bits per heavy atom. The lowest BCUT2D eigenvalue weighted by atomic mass is 9.84. The minimum absolute atomic E-state index is 0.00884. The Hall–Kier alpha value is -1.55. The van der Waals surface area contributed by atoms with Crippen LogP contribution in [0.15, 0.2) is 24.3 Å². The van der Waals surface area contributed by atoms with Crippen molar-refractivity contribution in [3.05, 3.63) is 29.8 Å². The molecule has 122 valence electrons. The predicted octanol–water partition coefficient (Wildman–Crippen LogP) is 3.11. The first-order valence-electron chi connectivity index (χ1n) is 8.48. The summed E-state index contributed by atoms with van der Waals surface area (Å²) >= 11 is 0. The van der Waals surface area contributed by atoms with E-state index in [-0.39, 0.29) is 11.9 Å². The number of nitrogens with two attached hydrogens (primary N) is 1. The van der Waals surface area contributed by atoms with E-state index in [0.717, 1.165) is 38.0 Å². The minimum atomic E-state index is -0.00884. The van der Waals surface area contributed by atoms with Crippen LogP contribution in [0.2, 0.25) is 0 Å². The summed E-state index contributed by atoms with van der Waals surface area (Å²) in [5.41, 5.74) is 6.50. The zero-order valence-electron chi connectivity index (χ0n) is 13.5. The summed E-state index contributed by atoms with van der Waals surface area (Å²) in [4.78, 5) is 12.4. The number of unbranched alkanes of at least 4 members (excludes halogenated alkanes) is 1. The van der Waals surface area contributed by atoms with Crippen molar-refractivity contribution in [1.82, 2.24) is 5.32 Å². The fraction of sp³-hybridized carbons (Fsp3) is 0.611. The van der Waals surface area contributed by atoms with E-state index in [9.17, 15) is 4.79 Å². The molecule has 0 saturated heterocycles. The van der Waals surface area contributed by atoms with Gasteiger partial charge in [-0.3, -0.25) is 4.79 Å². The highest BCUT2D eigenvalue weighted by Gasteiger charge is 2.25. The molecular formula is C18H28N2O2. The van der Waals surface area contributed by atoms with Gasteiger partial charge in [0.15, 0.2) is 0 Å². The third-order valence-electron chi connectivity index (χ3n) is 4.41. The Morgan fingerprint density at radius 1 is 1.27 bits per heavy atom. The highest BCUT2D eigenvalue weighted by Crippen LogP contribution is 2.24. The number of hydrogen-bond donors (Lipinski definition) is 2. The topological polar surface area (TPSA) is 64.3 Å². The highest BCUT2D eigenvalue weighted by molar-refractivity contribution is 5.94. The minimum Gasteiger partial charge on any atom is -0.494 e. The van der Waals surface area contributed by atoms with E-state index in [4.69, 9.17) is 10.5 Å². The summed E-state index contributed by atoms with van der Waals surface area (Å²) in [6.07, 6.45) is 6.70. The van der Waals surface area contributed by atoms with E-state index >= 15 is 0 Å². The van der Waals surface area contributed by atoms with Crippen LogP contribution in [0.1, 0.15) is 55.8 Å². The van der Waals surface area contributed by atoms with E-state index in [1.807, 2.05) is 24.3 Å². The van der Waals surface area contributed by atoms with Crippen LogP contribution in [-0.2, 0) is 0 Å². The van der Waals surface area contributed by atoms with Gasteiger partial charge >= 0.3 is 0 Å². The SMILES string of the molecule is CCCCOc1ccc(C(=O)NC2CCCCC2CN)cc1. The molecule has 1 aliphatic rings. The standard InChI is InChI=1S/C18H28N2O2/c1-2-3-12-22-16-10-8-14(9-11-16)18(21)20-17-7-5-4-6-15(17)13-19/h8-11,15,17H,2-7,12-13,19H2,1H3,(H,20,21). The van der Waals surface area contributed by atoms with Gasteiger partial charge in [-0.15, -0.1) is 0 Å². The largest absolute Gasteiger partial charge is 0.494 e. The van der Waals surface area contributed by atoms with Crippen LogP contribution in [0, 0.1) is 5.92 Å². The third-order valence-corrected chi connectivity index (χ3v) is 4.41. The van der Waals surface area contributed by atoms with Crippen LogP contribution < -0.4 is 15.8 Å². The number of hydrogen-bond acceptors (Lipinski definition) is 3. The lowest BCUT2D eigenvalue weighted by Gasteiger charge is -2.31. The van der Waals surface area contributed by atoms with Gasteiger partial charge in [-0.25, -0.2) is 0 Å². The van der Waals surface area contributed by atoms with Gasteiger partial charge in [-0.05, 0) is 56.0 Å². The van der Waals surface area contributed by atoms with Gasteiger partial charge in [-0.2, -0.15) is 0 Å². The number of ether oxygens (including phenoxy) is 1. The van der Waals surface area contributed by atoms with Gasteiger partial charge in [0.25, 0.3) is 5.91 Å². The van der Waals surface area contributed by atoms with Crippen molar-refractivity contribution < 1.29 is 9.53 Å². The van der Waals surface area contributed by atoms with E-state index in [1.165, 1.54) is 12.8 Å². The molecule has 2 unspecified atom stereocenters. The van der Waals surface area contributed by atoms with Crippen molar-refractivity contribution in [2.24, 2.45) is 11.7 Å². The summed E-state index contributed by atoms with van der Waals surface area (Å²) in [6, 6.07) is 7.61. The molecule has 0 bridgehead atoms. The summed E-state index contributed by atoms with van der Waals surface area (Å²) in [7, 11) is 0. The highest BCUT2D eigenvalue weighted by atomic mass is 16.5. The van der Waals surface area contributed by atoms with Crippen molar-refractivity contribution in [2.75, 3.05) is 13.2 Å². The molecule has 0 aliphatic heterocycles. The number of nitrogens with one attached hydrogen (secondary N) is 1. The normalized spacial score (nSPS) is 21.4. The number of carbonyl (C=O) groups is 1. The Kier molecular flexibility index (Phi) is 6.72. The second kappa shape index (κ2) is 8.79. The van der Waals surface area contributed by atoms with Gasteiger partial charge in [-0.1, -0.05) is 26.2 Å². The van der Waals surface area contributed by atoms with Gasteiger partial charge < -0.3 is 15.8 Å².